The Morgan fingerprint density at radius 3 is 2.72 bits per heavy atom. The normalized spacial score (nSPS) is 19.8. The monoisotopic (exact) mass is 418 g/mol. The number of rotatable bonds is 2. The lowest BCUT2D eigenvalue weighted by Gasteiger charge is -2.38. The van der Waals surface area contributed by atoms with Gasteiger partial charge in [-0.15, -0.1) is 0 Å². The predicted molar refractivity (Wildman–Crippen MR) is 109 cm³/mol. The van der Waals surface area contributed by atoms with Gasteiger partial charge in [0.2, 0.25) is 0 Å². The van der Waals surface area contributed by atoms with Gasteiger partial charge in [0.1, 0.15) is 23.4 Å². The van der Waals surface area contributed by atoms with Crippen molar-refractivity contribution >= 4 is 40.4 Å². The molecule has 29 heavy (non-hydrogen) atoms. The topological polar surface area (TPSA) is 118 Å². The lowest BCUT2D eigenvalue weighted by molar-refractivity contribution is 0.0153. The first-order valence-corrected chi connectivity index (χ1v) is 9.56. The van der Waals surface area contributed by atoms with Gasteiger partial charge >= 0.3 is 6.09 Å². The molecule has 2 amide bonds. The highest BCUT2D eigenvalue weighted by Crippen LogP contribution is 2.23. The van der Waals surface area contributed by atoms with Crippen molar-refractivity contribution in [1.82, 2.24) is 15.2 Å². The molecular weight excluding hydrogens is 396 g/mol. The number of piperidine rings is 1. The first kappa shape index (κ1) is 20.9. The zero-order valence-corrected chi connectivity index (χ0v) is 17.2. The molecule has 0 spiro atoms. The molecule has 1 aliphatic heterocycles. The second kappa shape index (κ2) is 7.91. The number of halogens is 1. The Morgan fingerprint density at radius 1 is 1.34 bits per heavy atom. The number of nitrogens with one attached hydrogen (secondary N) is 2. The largest absolute Gasteiger partial charge is 0.444 e. The van der Waals surface area contributed by atoms with Gasteiger partial charge in [0.15, 0.2) is 0 Å². The summed E-state index contributed by atoms with van der Waals surface area (Å²) in [5.74, 6) is 1.40. The van der Waals surface area contributed by atoms with Crippen molar-refractivity contribution < 1.29 is 19.1 Å². The molecule has 1 aromatic heterocycles. The third kappa shape index (κ3) is 4.62. The average molecular weight is 419 g/mol. The fourth-order valence-corrected chi connectivity index (χ4v) is 3.39. The van der Waals surface area contributed by atoms with E-state index in [1.165, 1.54) is 4.90 Å². The summed E-state index contributed by atoms with van der Waals surface area (Å²) in [6.45, 7) is 5.46. The molecule has 2 heterocycles. The number of ether oxygens (including phenoxy) is 1. The number of aromatic amines is 1. The fourth-order valence-electron chi connectivity index (χ4n) is 3.21. The van der Waals surface area contributed by atoms with E-state index in [4.69, 9.17) is 22.1 Å². The second-order valence-electron chi connectivity index (χ2n) is 7.91. The van der Waals surface area contributed by atoms with E-state index in [9.17, 15) is 14.4 Å². The van der Waals surface area contributed by atoms with Crippen molar-refractivity contribution in [2.75, 3.05) is 6.54 Å². The lowest BCUT2D eigenvalue weighted by Crippen LogP contribution is -2.58. The van der Waals surface area contributed by atoms with Crippen molar-refractivity contribution in [3.05, 3.63) is 40.6 Å². The minimum Gasteiger partial charge on any atom is -0.444 e. The van der Waals surface area contributed by atoms with Crippen LogP contribution in [0.4, 0.5) is 4.79 Å². The Bertz CT molecular complexity index is 1000. The molecule has 1 saturated heterocycles. The molecule has 1 aromatic carbocycles. The summed E-state index contributed by atoms with van der Waals surface area (Å²) in [5.41, 5.74) is 6.59. The number of hydrogen-bond donors (Lipinski definition) is 3. The van der Waals surface area contributed by atoms with Crippen LogP contribution >= 0.6 is 11.6 Å². The standard InChI is InChI=1S/C20H23ClN4O4/c1-20(2,3)29-19(28)25-7-6-15(13(10-26)17(25)22)24-18(27)16-9-11-8-12(21)4-5-14(11)23-16/h4-5,8-9,15,17,23H,6-7,22H2,1-3H3,(H,24,27). The van der Waals surface area contributed by atoms with Gasteiger partial charge < -0.3 is 20.8 Å². The van der Waals surface area contributed by atoms with Gasteiger partial charge in [0.25, 0.3) is 5.91 Å². The molecule has 2 unspecified atom stereocenters. The van der Waals surface area contributed by atoms with Crippen LogP contribution in [0.1, 0.15) is 37.7 Å². The van der Waals surface area contributed by atoms with Crippen LogP contribution in [0, 0.1) is 0 Å². The predicted octanol–water partition coefficient (Wildman–Crippen LogP) is 2.60. The maximum atomic E-state index is 12.7. The van der Waals surface area contributed by atoms with Gasteiger partial charge in [-0.3, -0.25) is 9.69 Å². The Morgan fingerprint density at radius 2 is 2.07 bits per heavy atom. The Hall–Kier alpha value is -2.80. The van der Waals surface area contributed by atoms with Crippen LogP contribution in [0.25, 0.3) is 10.9 Å². The van der Waals surface area contributed by atoms with Crippen LogP contribution in [0.3, 0.4) is 0 Å². The number of fused-ring (bicyclic) bond motifs is 1. The average Bonchev–Trinajstić information content (AvgIpc) is 3.03. The molecule has 1 fully saturated rings. The summed E-state index contributed by atoms with van der Waals surface area (Å²) in [4.78, 5) is 40.8. The number of hydrogen-bond acceptors (Lipinski definition) is 5. The van der Waals surface area contributed by atoms with Gasteiger partial charge in [-0.1, -0.05) is 11.6 Å². The molecule has 1 aliphatic rings. The van der Waals surface area contributed by atoms with E-state index in [0.29, 0.717) is 17.1 Å². The SMILES string of the molecule is CC(C)(C)OC(=O)N1CCC(NC(=O)c2cc3cc(Cl)ccc3[nH]2)C(=C=O)C1N. The summed E-state index contributed by atoms with van der Waals surface area (Å²) < 4.78 is 5.33. The quantitative estimate of drug-likeness (QED) is 0.648. The summed E-state index contributed by atoms with van der Waals surface area (Å²) >= 11 is 5.98. The van der Waals surface area contributed by atoms with Crippen molar-refractivity contribution in [2.45, 2.75) is 45.0 Å². The van der Waals surface area contributed by atoms with Crippen LogP contribution in [0.5, 0.6) is 0 Å². The van der Waals surface area contributed by atoms with E-state index in [1.54, 1.807) is 51.0 Å². The molecule has 154 valence electrons. The number of nitrogens with two attached hydrogens (primary N) is 1. The highest BCUT2D eigenvalue weighted by molar-refractivity contribution is 6.31. The van der Waals surface area contributed by atoms with Crippen molar-refractivity contribution in [2.24, 2.45) is 5.73 Å². The number of nitrogens with zero attached hydrogens (tertiary/aromatic N) is 1. The molecule has 8 nitrogen and oxygen atoms in total. The third-order valence-electron chi connectivity index (χ3n) is 4.57. The number of aromatic nitrogens is 1. The van der Waals surface area contributed by atoms with Gasteiger partial charge in [-0.25, -0.2) is 9.59 Å². The minimum atomic E-state index is -1.03. The first-order chi connectivity index (χ1) is 13.6. The van der Waals surface area contributed by atoms with Crippen LogP contribution in [0.2, 0.25) is 5.02 Å². The van der Waals surface area contributed by atoms with Gasteiger partial charge in [-0.2, -0.15) is 0 Å². The Labute approximate surface area is 173 Å². The molecule has 0 radical (unpaired) electrons. The molecule has 2 atom stereocenters. The first-order valence-electron chi connectivity index (χ1n) is 9.18. The number of carbonyl (C=O) groups is 2. The van der Waals surface area contributed by atoms with Crippen molar-refractivity contribution in [3.63, 3.8) is 0 Å². The maximum Gasteiger partial charge on any atom is 0.411 e. The number of likely N-dealkylation sites (tertiary alicyclic amines) is 1. The van der Waals surface area contributed by atoms with Crippen LogP contribution in [-0.2, 0) is 9.53 Å². The van der Waals surface area contributed by atoms with Gasteiger partial charge in [-0.05, 0) is 51.5 Å². The summed E-state index contributed by atoms with van der Waals surface area (Å²) in [7, 11) is 0. The number of H-pyrrole nitrogens is 1. The van der Waals surface area contributed by atoms with Crippen molar-refractivity contribution in [1.29, 1.82) is 0 Å². The van der Waals surface area contributed by atoms with Crippen LogP contribution in [-0.4, -0.2) is 52.2 Å². The van der Waals surface area contributed by atoms with E-state index in [1.807, 2.05) is 0 Å². The molecule has 0 saturated carbocycles. The fraction of sp³-hybridized carbons (Fsp3) is 0.400. The third-order valence-corrected chi connectivity index (χ3v) is 4.80. The van der Waals surface area contributed by atoms with Crippen molar-refractivity contribution in [3.8, 4) is 0 Å². The van der Waals surface area contributed by atoms with E-state index in [-0.39, 0.29) is 12.1 Å². The molecule has 0 bridgehead atoms. The number of benzene rings is 1. The van der Waals surface area contributed by atoms with Crippen LogP contribution in [0.15, 0.2) is 29.8 Å². The second-order valence-corrected chi connectivity index (χ2v) is 8.34. The molecule has 0 aliphatic carbocycles. The lowest BCUT2D eigenvalue weighted by atomic mass is 9.97. The summed E-state index contributed by atoms with van der Waals surface area (Å²) in [6.07, 6.45) is -1.33. The zero-order chi connectivity index (χ0) is 21.3. The highest BCUT2D eigenvalue weighted by atomic mass is 35.5. The van der Waals surface area contributed by atoms with E-state index < -0.39 is 29.8 Å². The zero-order valence-electron chi connectivity index (χ0n) is 16.4. The molecule has 9 heteroatoms. The highest BCUT2D eigenvalue weighted by Gasteiger charge is 2.37. The minimum absolute atomic E-state index is 0.0922. The smallest absolute Gasteiger partial charge is 0.411 e. The Kier molecular flexibility index (Phi) is 5.71. The van der Waals surface area contributed by atoms with Gasteiger partial charge in [0.05, 0.1) is 11.6 Å². The number of amides is 2. The summed E-state index contributed by atoms with van der Waals surface area (Å²) in [6, 6.07) is 6.29. The number of carbonyl (C=O) groups excluding carboxylic acids is 3. The Balaban J connectivity index is 1.73. The van der Waals surface area contributed by atoms with Crippen LogP contribution < -0.4 is 11.1 Å². The van der Waals surface area contributed by atoms with E-state index >= 15 is 0 Å². The van der Waals surface area contributed by atoms with E-state index in [0.717, 1.165) is 10.9 Å². The molecular formula is C20H23ClN4O4. The molecule has 4 N–H and O–H groups in total. The molecule has 2 aromatic rings. The molecule has 3 rings (SSSR count). The maximum absolute atomic E-state index is 12.7. The summed E-state index contributed by atoms with van der Waals surface area (Å²) in [5, 5.41) is 4.15. The van der Waals surface area contributed by atoms with Gasteiger partial charge in [0, 0.05) is 22.5 Å². The van der Waals surface area contributed by atoms with E-state index in [2.05, 4.69) is 10.3 Å².